The molecule has 2 aliphatic rings. The van der Waals surface area contributed by atoms with Crippen molar-refractivity contribution < 1.29 is 4.79 Å². The van der Waals surface area contributed by atoms with Crippen LogP contribution in [0.25, 0.3) is 0 Å². The van der Waals surface area contributed by atoms with Gasteiger partial charge in [0.05, 0.1) is 18.7 Å². The Labute approximate surface area is 137 Å². The molecule has 1 atom stereocenters. The first-order chi connectivity index (χ1) is 11.2. The number of fused-ring (bicyclic) bond motifs is 1. The Morgan fingerprint density at radius 2 is 2.13 bits per heavy atom. The maximum atomic E-state index is 12.8. The molecule has 1 aliphatic carbocycles. The van der Waals surface area contributed by atoms with Gasteiger partial charge in [0.1, 0.15) is 0 Å². The summed E-state index contributed by atoms with van der Waals surface area (Å²) < 4.78 is 1.82. The number of hydrogen-bond acceptors (Lipinski definition) is 2. The molecule has 0 spiro atoms. The van der Waals surface area contributed by atoms with Crippen molar-refractivity contribution in [1.82, 2.24) is 14.7 Å². The maximum absolute atomic E-state index is 12.8. The summed E-state index contributed by atoms with van der Waals surface area (Å²) in [4.78, 5) is 14.9. The fourth-order valence-electron chi connectivity index (χ4n) is 4.04. The summed E-state index contributed by atoms with van der Waals surface area (Å²) in [5.41, 5.74) is 5.23. The number of carbonyl (C=O) groups excluding carboxylic acids is 1. The quantitative estimate of drug-likeness (QED) is 0.874. The summed E-state index contributed by atoms with van der Waals surface area (Å²) in [5, 5.41) is 4.26. The van der Waals surface area contributed by atoms with Gasteiger partial charge in [-0.15, -0.1) is 0 Å². The number of benzene rings is 1. The minimum Gasteiger partial charge on any atom is -0.335 e. The topological polar surface area (TPSA) is 38.1 Å². The van der Waals surface area contributed by atoms with E-state index in [-0.39, 0.29) is 11.9 Å². The third kappa shape index (κ3) is 2.78. The molecule has 4 heteroatoms. The molecule has 0 saturated carbocycles. The summed E-state index contributed by atoms with van der Waals surface area (Å²) >= 11 is 0. The SMILES string of the molecule is Cn1cc(C2CCCN2C(=O)Cc2ccc3c(c2)CCC3)cn1. The molecule has 4 nitrogen and oxygen atoms in total. The zero-order chi connectivity index (χ0) is 15.8. The second-order valence-corrected chi connectivity index (χ2v) is 6.83. The van der Waals surface area contributed by atoms with Gasteiger partial charge >= 0.3 is 0 Å². The normalized spacial score (nSPS) is 20.0. The number of likely N-dealkylation sites (tertiary alicyclic amines) is 1. The van der Waals surface area contributed by atoms with Crippen molar-refractivity contribution in [2.45, 2.75) is 44.6 Å². The van der Waals surface area contributed by atoms with E-state index in [1.165, 1.54) is 30.4 Å². The van der Waals surface area contributed by atoms with Gasteiger partial charge in [-0.1, -0.05) is 18.2 Å². The Kier molecular flexibility index (Phi) is 3.68. The first kappa shape index (κ1) is 14.5. The molecule has 1 amide bonds. The van der Waals surface area contributed by atoms with Gasteiger partial charge < -0.3 is 4.90 Å². The van der Waals surface area contributed by atoms with Crippen LogP contribution in [-0.4, -0.2) is 27.1 Å². The van der Waals surface area contributed by atoms with Gasteiger partial charge in [-0.25, -0.2) is 0 Å². The van der Waals surface area contributed by atoms with Gasteiger partial charge in [-0.2, -0.15) is 5.10 Å². The van der Waals surface area contributed by atoms with Crippen LogP contribution in [0.3, 0.4) is 0 Å². The van der Waals surface area contributed by atoms with E-state index in [4.69, 9.17) is 0 Å². The van der Waals surface area contributed by atoms with E-state index >= 15 is 0 Å². The summed E-state index contributed by atoms with van der Waals surface area (Å²) in [6, 6.07) is 6.80. The number of rotatable bonds is 3. The monoisotopic (exact) mass is 309 g/mol. The van der Waals surface area contributed by atoms with Crippen LogP contribution in [0.1, 0.15) is 47.6 Å². The van der Waals surface area contributed by atoms with Gasteiger partial charge in [-0.05, 0) is 48.8 Å². The van der Waals surface area contributed by atoms with Crippen molar-refractivity contribution >= 4 is 5.91 Å². The Balaban J connectivity index is 1.50. The van der Waals surface area contributed by atoms with Gasteiger partial charge in [0.25, 0.3) is 0 Å². The van der Waals surface area contributed by atoms with Crippen molar-refractivity contribution in [3.05, 3.63) is 52.8 Å². The molecule has 0 N–H and O–H groups in total. The highest BCUT2D eigenvalue weighted by Crippen LogP contribution is 2.32. The number of nitrogens with zero attached hydrogens (tertiary/aromatic N) is 3. The smallest absolute Gasteiger partial charge is 0.227 e. The van der Waals surface area contributed by atoms with Crippen LogP contribution < -0.4 is 0 Å². The second-order valence-electron chi connectivity index (χ2n) is 6.83. The Hall–Kier alpha value is -2.10. The van der Waals surface area contributed by atoms with E-state index in [9.17, 15) is 4.79 Å². The standard InChI is InChI=1S/C19H23N3O/c1-21-13-17(12-20-21)18-6-3-9-22(18)19(23)11-14-7-8-15-4-2-5-16(15)10-14/h7-8,10,12-13,18H,2-6,9,11H2,1H3. The highest BCUT2D eigenvalue weighted by molar-refractivity contribution is 5.79. The third-order valence-corrected chi connectivity index (χ3v) is 5.20. The highest BCUT2D eigenvalue weighted by Gasteiger charge is 2.30. The molecular formula is C19H23N3O. The minimum atomic E-state index is 0.200. The van der Waals surface area contributed by atoms with Crippen LogP contribution >= 0.6 is 0 Å². The van der Waals surface area contributed by atoms with Crippen LogP contribution in [-0.2, 0) is 31.1 Å². The van der Waals surface area contributed by atoms with Gasteiger partial charge in [0.15, 0.2) is 0 Å². The van der Waals surface area contributed by atoms with Crippen LogP contribution in [0.2, 0.25) is 0 Å². The summed E-state index contributed by atoms with van der Waals surface area (Å²) in [7, 11) is 1.93. The van der Waals surface area contributed by atoms with Crippen molar-refractivity contribution in [2.75, 3.05) is 6.54 Å². The largest absolute Gasteiger partial charge is 0.335 e. The number of aryl methyl sites for hydroxylation is 3. The Morgan fingerprint density at radius 3 is 2.96 bits per heavy atom. The molecule has 23 heavy (non-hydrogen) atoms. The first-order valence-electron chi connectivity index (χ1n) is 8.59. The Bertz CT molecular complexity index is 734. The van der Waals surface area contributed by atoms with E-state index in [2.05, 4.69) is 23.3 Å². The molecule has 1 fully saturated rings. The lowest BCUT2D eigenvalue weighted by atomic mass is 10.0. The number of hydrogen-bond donors (Lipinski definition) is 0. The Morgan fingerprint density at radius 1 is 1.26 bits per heavy atom. The molecule has 1 unspecified atom stereocenters. The van der Waals surface area contributed by atoms with Crippen LogP contribution in [0.15, 0.2) is 30.6 Å². The average molecular weight is 309 g/mol. The molecule has 0 bridgehead atoms. The minimum absolute atomic E-state index is 0.200. The maximum Gasteiger partial charge on any atom is 0.227 e. The van der Waals surface area contributed by atoms with Gasteiger partial charge in [0.2, 0.25) is 5.91 Å². The lowest BCUT2D eigenvalue weighted by molar-refractivity contribution is -0.131. The van der Waals surface area contributed by atoms with Crippen molar-refractivity contribution in [3.8, 4) is 0 Å². The summed E-state index contributed by atoms with van der Waals surface area (Å²) in [5.74, 6) is 0.245. The van der Waals surface area contributed by atoms with Crippen LogP contribution in [0.5, 0.6) is 0 Å². The van der Waals surface area contributed by atoms with Crippen LogP contribution in [0, 0.1) is 0 Å². The number of carbonyl (C=O) groups is 1. The van der Waals surface area contributed by atoms with E-state index in [0.29, 0.717) is 6.42 Å². The molecule has 1 aromatic carbocycles. The molecule has 1 saturated heterocycles. The number of amides is 1. The zero-order valence-corrected chi connectivity index (χ0v) is 13.7. The van der Waals surface area contributed by atoms with Crippen molar-refractivity contribution in [3.63, 3.8) is 0 Å². The van der Waals surface area contributed by atoms with Gasteiger partial charge in [0, 0.05) is 25.4 Å². The van der Waals surface area contributed by atoms with Crippen molar-refractivity contribution in [1.29, 1.82) is 0 Å². The fourth-order valence-corrected chi connectivity index (χ4v) is 4.04. The average Bonchev–Trinajstić information content (AvgIpc) is 3.26. The van der Waals surface area contributed by atoms with E-state index in [1.807, 2.05) is 29.0 Å². The summed E-state index contributed by atoms with van der Waals surface area (Å²) in [6.45, 7) is 0.864. The highest BCUT2D eigenvalue weighted by atomic mass is 16.2. The molecule has 2 heterocycles. The predicted octanol–water partition coefficient (Wildman–Crippen LogP) is 2.82. The third-order valence-electron chi connectivity index (χ3n) is 5.20. The fraction of sp³-hybridized carbons (Fsp3) is 0.474. The van der Waals surface area contributed by atoms with E-state index < -0.39 is 0 Å². The first-order valence-corrected chi connectivity index (χ1v) is 8.59. The van der Waals surface area contributed by atoms with Crippen molar-refractivity contribution in [2.24, 2.45) is 7.05 Å². The van der Waals surface area contributed by atoms with Crippen LogP contribution in [0.4, 0.5) is 0 Å². The van der Waals surface area contributed by atoms with E-state index in [1.54, 1.807) is 0 Å². The molecule has 0 radical (unpaired) electrons. The van der Waals surface area contributed by atoms with Gasteiger partial charge in [-0.3, -0.25) is 9.48 Å². The lowest BCUT2D eigenvalue weighted by Crippen LogP contribution is -2.31. The zero-order valence-electron chi connectivity index (χ0n) is 13.7. The number of aromatic nitrogens is 2. The predicted molar refractivity (Wildman–Crippen MR) is 89.1 cm³/mol. The molecular weight excluding hydrogens is 286 g/mol. The molecule has 4 rings (SSSR count). The molecule has 120 valence electrons. The molecule has 1 aliphatic heterocycles. The molecule has 1 aromatic heterocycles. The summed E-state index contributed by atoms with van der Waals surface area (Å²) in [6.07, 6.45) is 10.2. The van der Waals surface area contributed by atoms with E-state index in [0.717, 1.165) is 30.5 Å². The second kappa shape index (κ2) is 5.84. The molecule has 2 aromatic rings. The lowest BCUT2D eigenvalue weighted by Gasteiger charge is -2.24.